The lowest BCUT2D eigenvalue weighted by atomic mass is 10.00. The molecule has 1 aromatic rings. The molecule has 1 aliphatic rings. The highest BCUT2D eigenvalue weighted by atomic mass is 32.2. The van der Waals surface area contributed by atoms with E-state index in [1.807, 2.05) is 17.8 Å². The van der Waals surface area contributed by atoms with Crippen LogP contribution in [0.25, 0.3) is 0 Å². The molecule has 1 saturated heterocycles. The lowest BCUT2D eigenvalue weighted by Crippen LogP contribution is -2.40. The van der Waals surface area contributed by atoms with Gasteiger partial charge in [-0.25, -0.2) is 12.7 Å². The number of piperidine rings is 1. The molecule has 1 unspecified atom stereocenters. The molecule has 0 aliphatic carbocycles. The SMILES string of the molecule is Cc1nn(CC2CCCN(S(C)(=O)=O)C2)cc1CN. The van der Waals surface area contributed by atoms with Crippen molar-refractivity contribution in [2.45, 2.75) is 32.9 Å². The first-order chi connectivity index (χ1) is 8.90. The second-order valence-electron chi connectivity index (χ2n) is 5.30. The molecule has 0 aromatic carbocycles. The van der Waals surface area contributed by atoms with Crippen LogP contribution >= 0.6 is 0 Å². The Hall–Kier alpha value is -0.920. The summed E-state index contributed by atoms with van der Waals surface area (Å²) in [6.45, 7) is 4.43. The van der Waals surface area contributed by atoms with Gasteiger partial charge in [-0.15, -0.1) is 0 Å². The number of hydrogen-bond acceptors (Lipinski definition) is 4. The van der Waals surface area contributed by atoms with Gasteiger partial charge in [0.15, 0.2) is 0 Å². The first kappa shape index (κ1) is 14.5. The summed E-state index contributed by atoms with van der Waals surface area (Å²) in [4.78, 5) is 0. The molecule has 0 radical (unpaired) electrons. The smallest absolute Gasteiger partial charge is 0.211 e. The molecule has 1 aliphatic heterocycles. The molecular weight excluding hydrogens is 264 g/mol. The quantitative estimate of drug-likeness (QED) is 0.864. The number of aromatic nitrogens is 2. The number of sulfonamides is 1. The second kappa shape index (κ2) is 5.60. The van der Waals surface area contributed by atoms with E-state index in [9.17, 15) is 8.42 Å². The summed E-state index contributed by atoms with van der Waals surface area (Å²) in [6.07, 6.45) is 5.21. The van der Waals surface area contributed by atoms with Crippen LogP contribution in [-0.4, -0.2) is 41.8 Å². The van der Waals surface area contributed by atoms with Gasteiger partial charge < -0.3 is 5.73 Å². The third-order valence-corrected chi connectivity index (χ3v) is 4.93. The van der Waals surface area contributed by atoms with Crippen molar-refractivity contribution < 1.29 is 8.42 Å². The molecule has 2 N–H and O–H groups in total. The van der Waals surface area contributed by atoms with E-state index in [1.54, 1.807) is 4.31 Å². The maximum absolute atomic E-state index is 11.6. The Bertz CT molecular complexity index is 538. The van der Waals surface area contributed by atoms with Gasteiger partial charge in [-0.05, 0) is 25.7 Å². The van der Waals surface area contributed by atoms with Gasteiger partial charge in [0, 0.05) is 37.9 Å². The fourth-order valence-electron chi connectivity index (χ4n) is 2.59. The minimum absolute atomic E-state index is 0.327. The van der Waals surface area contributed by atoms with E-state index in [-0.39, 0.29) is 0 Å². The van der Waals surface area contributed by atoms with E-state index < -0.39 is 10.0 Å². The van der Waals surface area contributed by atoms with Crippen LogP contribution in [0, 0.1) is 12.8 Å². The molecule has 0 bridgehead atoms. The predicted octanol–water partition coefficient (Wildman–Crippen LogP) is 0.322. The van der Waals surface area contributed by atoms with Crippen LogP contribution < -0.4 is 5.73 Å². The standard InChI is InChI=1S/C12H22N4O2S/c1-10-12(6-13)9-15(14-10)7-11-4-3-5-16(8-11)19(2,17)18/h9,11H,3-8,13H2,1-2H3. The molecule has 6 nitrogen and oxygen atoms in total. The number of nitrogens with two attached hydrogens (primary N) is 1. The van der Waals surface area contributed by atoms with Crippen molar-refractivity contribution in [1.82, 2.24) is 14.1 Å². The van der Waals surface area contributed by atoms with Crippen molar-refractivity contribution in [3.05, 3.63) is 17.5 Å². The van der Waals surface area contributed by atoms with Crippen LogP contribution in [0.5, 0.6) is 0 Å². The highest BCUT2D eigenvalue weighted by Crippen LogP contribution is 2.20. The molecule has 2 rings (SSSR count). The fourth-order valence-corrected chi connectivity index (χ4v) is 3.54. The number of rotatable bonds is 4. The van der Waals surface area contributed by atoms with Crippen molar-refractivity contribution in [3.63, 3.8) is 0 Å². The van der Waals surface area contributed by atoms with E-state index in [0.29, 0.717) is 25.6 Å². The molecule has 0 saturated carbocycles. The molecule has 0 amide bonds. The van der Waals surface area contributed by atoms with E-state index >= 15 is 0 Å². The first-order valence-electron chi connectivity index (χ1n) is 6.58. The Morgan fingerprint density at radius 1 is 1.53 bits per heavy atom. The topological polar surface area (TPSA) is 81.2 Å². The maximum Gasteiger partial charge on any atom is 0.211 e. The van der Waals surface area contributed by atoms with Crippen molar-refractivity contribution in [1.29, 1.82) is 0 Å². The average Bonchev–Trinajstić information content (AvgIpc) is 2.68. The minimum atomic E-state index is -3.08. The predicted molar refractivity (Wildman–Crippen MR) is 74.0 cm³/mol. The van der Waals surface area contributed by atoms with Gasteiger partial charge in [0.2, 0.25) is 10.0 Å². The van der Waals surface area contributed by atoms with Crippen LogP contribution in [-0.2, 0) is 23.1 Å². The summed E-state index contributed by atoms with van der Waals surface area (Å²) in [5.41, 5.74) is 7.64. The summed E-state index contributed by atoms with van der Waals surface area (Å²) in [5.74, 6) is 0.327. The lowest BCUT2D eigenvalue weighted by molar-refractivity contribution is 0.240. The molecule has 108 valence electrons. The van der Waals surface area contributed by atoms with Crippen molar-refractivity contribution in [2.24, 2.45) is 11.7 Å². The molecule has 19 heavy (non-hydrogen) atoms. The zero-order valence-electron chi connectivity index (χ0n) is 11.5. The zero-order chi connectivity index (χ0) is 14.0. The Morgan fingerprint density at radius 3 is 2.84 bits per heavy atom. The Balaban J connectivity index is 2.02. The highest BCUT2D eigenvalue weighted by molar-refractivity contribution is 7.88. The monoisotopic (exact) mass is 286 g/mol. The molecular formula is C12H22N4O2S. The van der Waals surface area contributed by atoms with E-state index in [1.165, 1.54) is 6.26 Å². The number of hydrogen-bond donors (Lipinski definition) is 1. The average molecular weight is 286 g/mol. The third kappa shape index (κ3) is 3.55. The lowest BCUT2D eigenvalue weighted by Gasteiger charge is -2.30. The van der Waals surface area contributed by atoms with E-state index in [0.717, 1.165) is 30.6 Å². The van der Waals surface area contributed by atoms with Gasteiger partial charge in [-0.2, -0.15) is 5.10 Å². The molecule has 7 heteroatoms. The van der Waals surface area contributed by atoms with E-state index in [4.69, 9.17) is 5.73 Å². The van der Waals surface area contributed by atoms with Gasteiger partial charge in [0.05, 0.1) is 11.9 Å². The maximum atomic E-state index is 11.6. The molecule has 1 aromatic heterocycles. The largest absolute Gasteiger partial charge is 0.326 e. The summed E-state index contributed by atoms with van der Waals surface area (Å²) >= 11 is 0. The van der Waals surface area contributed by atoms with E-state index in [2.05, 4.69) is 5.10 Å². The summed E-state index contributed by atoms with van der Waals surface area (Å²) in [7, 11) is -3.08. The van der Waals surface area contributed by atoms with Crippen LogP contribution in [0.1, 0.15) is 24.1 Å². The Kier molecular flexibility index (Phi) is 4.27. The summed E-state index contributed by atoms with van der Waals surface area (Å²) in [6, 6.07) is 0. The normalized spacial score (nSPS) is 21.7. The molecule has 1 fully saturated rings. The van der Waals surface area contributed by atoms with Gasteiger partial charge >= 0.3 is 0 Å². The summed E-state index contributed by atoms with van der Waals surface area (Å²) in [5, 5.41) is 4.43. The second-order valence-corrected chi connectivity index (χ2v) is 7.28. The van der Waals surface area contributed by atoms with Crippen molar-refractivity contribution >= 4 is 10.0 Å². The van der Waals surface area contributed by atoms with Crippen molar-refractivity contribution in [2.75, 3.05) is 19.3 Å². The third-order valence-electron chi connectivity index (χ3n) is 3.66. The van der Waals surface area contributed by atoms with Crippen LogP contribution in [0.15, 0.2) is 6.20 Å². The van der Waals surface area contributed by atoms with Crippen LogP contribution in [0.4, 0.5) is 0 Å². The first-order valence-corrected chi connectivity index (χ1v) is 8.43. The van der Waals surface area contributed by atoms with Gasteiger partial charge in [-0.1, -0.05) is 0 Å². The summed E-state index contributed by atoms with van der Waals surface area (Å²) < 4.78 is 26.6. The van der Waals surface area contributed by atoms with Gasteiger partial charge in [0.25, 0.3) is 0 Å². The van der Waals surface area contributed by atoms with Crippen LogP contribution in [0.3, 0.4) is 0 Å². The number of aryl methyl sites for hydroxylation is 1. The van der Waals surface area contributed by atoms with Gasteiger partial charge in [0.1, 0.15) is 0 Å². The Labute approximate surface area is 114 Å². The molecule has 0 spiro atoms. The van der Waals surface area contributed by atoms with Gasteiger partial charge in [-0.3, -0.25) is 4.68 Å². The minimum Gasteiger partial charge on any atom is -0.326 e. The number of nitrogens with zero attached hydrogens (tertiary/aromatic N) is 3. The molecule has 1 atom stereocenters. The Morgan fingerprint density at radius 2 is 2.26 bits per heavy atom. The highest BCUT2D eigenvalue weighted by Gasteiger charge is 2.26. The van der Waals surface area contributed by atoms with Crippen molar-refractivity contribution in [3.8, 4) is 0 Å². The van der Waals surface area contributed by atoms with Crippen LogP contribution in [0.2, 0.25) is 0 Å². The molecule has 2 heterocycles. The fraction of sp³-hybridized carbons (Fsp3) is 0.750. The zero-order valence-corrected chi connectivity index (χ0v) is 12.4.